The molecule has 1 rings (SSSR count). The number of aldehydes is 1. The lowest BCUT2D eigenvalue weighted by Crippen LogP contribution is -2.11. The first kappa shape index (κ1) is 12.9. The second-order valence-corrected chi connectivity index (χ2v) is 3.41. The minimum absolute atomic E-state index is 0.185. The summed E-state index contributed by atoms with van der Waals surface area (Å²) in [6.45, 7) is 3.81. The number of carbonyl (C=O) groups excluding carboxylic acids is 2. The summed E-state index contributed by atoms with van der Waals surface area (Å²) in [5.74, 6) is -0.515. The minimum Gasteiger partial charge on any atom is -0.462 e. The van der Waals surface area contributed by atoms with Crippen LogP contribution in [0.2, 0.25) is 0 Å². The number of carbonyl (C=O) groups is 2. The first-order valence-electron chi connectivity index (χ1n) is 5.37. The van der Waals surface area contributed by atoms with E-state index in [1.165, 1.54) is 6.07 Å². The number of nitrogens with zero attached hydrogens (tertiary/aromatic N) is 1. The second kappa shape index (κ2) is 5.80. The monoisotopic (exact) mass is 231 g/mol. The molecular formula is C13H13NO3. The molecule has 0 N–H and O–H groups in total. The number of hydrogen-bond acceptors (Lipinski definition) is 4. The van der Waals surface area contributed by atoms with Crippen LogP contribution in [0, 0.1) is 11.3 Å². The maximum absolute atomic E-state index is 11.7. The van der Waals surface area contributed by atoms with Crippen molar-refractivity contribution in [3.8, 4) is 6.07 Å². The lowest BCUT2D eigenvalue weighted by molar-refractivity contribution is 0.0524. The first-order valence-corrected chi connectivity index (χ1v) is 5.37. The zero-order chi connectivity index (χ0) is 12.8. The van der Waals surface area contributed by atoms with Crippen LogP contribution in [0.25, 0.3) is 0 Å². The molecule has 4 nitrogen and oxygen atoms in total. The van der Waals surface area contributed by atoms with E-state index >= 15 is 0 Å². The molecule has 0 aliphatic heterocycles. The number of rotatable bonds is 4. The lowest BCUT2D eigenvalue weighted by Gasteiger charge is -2.09. The van der Waals surface area contributed by atoms with Crippen LogP contribution in [-0.2, 0) is 11.2 Å². The standard InChI is InChI=1S/C13H13NO3/c1-3-10-5-9(8-15)6-11(7-14)12(10)13(16)17-4-2/h5-6,8H,3-4H2,1-2H3. The Morgan fingerprint density at radius 2 is 2.18 bits per heavy atom. The van der Waals surface area contributed by atoms with Crippen LogP contribution in [0.15, 0.2) is 12.1 Å². The van der Waals surface area contributed by atoms with E-state index in [0.717, 1.165) is 0 Å². The molecule has 0 amide bonds. The highest BCUT2D eigenvalue weighted by molar-refractivity contribution is 5.95. The van der Waals surface area contributed by atoms with Gasteiger partial charge in [0.15, 0.2) is 0 Å². The van der Waals surface area contributed by atoms with Gasteiger partial charge in [0.05, 0.1) is 17.7 Å². The van der Waals surface area contributed by atoms with Gasteiger partial charge in [-0.05, 0) is 31.0 Å². The van der Waals surface area contributed by atoms with Crippen molar-refractivity contribution in [3.63, 3.8) is 0 Å². The van der Waals surface area contributed by atoms with E-state index in [1.807, 2.05) is 13.0 Å². The van der Waals surface area contributed by atoms with Gasteiger partial charge in [0, 0.05) is 5.56 Å². The summed E-state index contributed by atoms with van der Waals surface area (Å²) >= 11 is 0. The Kier molecular flexibility index (Phi) is 4.41. The summed E-state index contributed by atoms with van der Waals surface area (Å²) in [7, 11) is 0. The fourth-order valence-electron chi connectivity index (χ4n) is 1.61. The molecule has 0 aliphatic rings. The largest absolute Gasteiger partial charge is 0.462 e. The Bertz CT molecular complexity index is 486. The fourth-order valence-corrected chi connectivity index (χ4v) is 1.61. The van der Waals surface area contributed by atoms with E-state index in [-0.39, 0.29) is 17.7 Å². The average molecular weight is 231 g/mol. The van der Waals surface area contributed by atoms with Crippen LogP contribution in [0.5, 0.6) is 0 Å². The molecule has 0 fully saturated rings. The maximum Gasteiger partial charge on any atom is 0.339 e. The van der Waals surface area contributed by atoms with Crippen molar-refractivity contribution in [2.45, 2.75) is 20.3 Å². The van der Waals surface area contributed by atoms with Gasteiger partial charge in [-0.3, -0.25) is 4.79 Å². The van der Waals surface area contributed by atoms with Gasteiger partial charge >= 0.3 is 5.97 Å². The van der Waals surface area contributed by atoms with Gasteiger partial charge in [-0.25, -0.2) is 4.79 Å². The highest BCUT2D eigenvalue weighted by Gasteiger charge is 2.17. The van der Waals surface area contributed by atoms with Gasteiger partial charge in [0.1, 0.15) is 12.4 Å². The first-order chi connectivity index (χ1) is 8.17. The summed E-state index contributed by atoms with van der Waals surface area (Å²) in [6, 6.07) is 4.94. The Balaban J connectivity index is 3.40. The molecule has 0 atom stereocenters. The highest BCUT2D eigenvalue weighted by Crippen LogP contribution is 2.18. The third kappa shape index (κ3) is 2.70. The Labute approximate surface area is 99.8 Å². The van der Waals surface area contributed by atoms with Crippen molar-refractivity contribution < 1.29 is 14.3 Å². The van der Waals surface area contributed by atoms with Crippen molar-refractivity contribution in [1.29, 1.82) is 5.26 Å². The molecule has 0 heterocycles. The molecule has 17 heavy (non-hydrogen) atoms. The molecule has 1 aromatic rings. The number of benzene rings is 1. The minimum atomic E-state index is -0.515. The van der Waals surface area contributed by atoms with E-state index in [2.05, 4.69) is 0 Å². The molecule has 0 aliphatic carbocycles. The number of ether oxygens (including phenoxy) is 1. The zero-order valence-corrected chi connectivity index (χ0v) is 9.82. The molecular weight excluding hydrogens is 218 g/mol. The predicted molar refractivity (Wildman–Crippen MR) is 61.9 cm³/mol. The van der Waals surface area contributed by atoms with Crippen molar-refractivity contribution in [2.24, 2.45) is 0 Å². The topological polar surface area (TPSA) is 67.2 Å². The van der Waals surface area contributed by atoms with Crippen LogP contribution in [-0.4, -0.2) is 18.9 Å². The van der Waals surface area contributed by atoms with E-state index in [9.17, 15) is 9.59 Å². The van der Waals surface area contributed by atoms with Gasteiger partial charge in [-0.2, -0.15) is 5.26 Å². The fraction of sp³-hybridized carbons (Fsp3) is 0.308. The third-order valence-corrected chi connectivity index (χ3v) is 2.36. The van der Waals surface area contributed by atoms with Gasteiger partial charge < -0.3 is 4.74 Å². The van der Waals surface area contributed by atoms with Gasteiger partial charge in [0.25, 0.3) is 0 Å². The zero-order valence-electron chi connectivity index (χ0n) is 9.82. The molecule has 0 saturated carbocycles. The number of esters is 1. The summed E-state index contributed by atoms with van der Waals surface area (Å²) in [5.41, 5.74) is 1.50. The van der Waals surface area contributed by atoms with E-state index in [0.29, 0.717) is 23.8 Å². The molecule has 4 heteroatoms. The maximum atomic E-state index is 11.7. The summed E-state index contributed by atoms with van der Waals surface area (Å²) < 4.78 is 4.91. The highest BCUT2D eigenvalue weighted by atomic mass is 16.5. The molecule has 0 unspecified atom stereocenters. The molecule has 0 spiro atoms. The van der Waals surface area contributed by atoms with E-state index in [1.54, 1.807) is 13.0 Å². The van der Waals surface area contributed by atoms with Gasteiger partial charge in [-0.15, -0.1) is 0 Å². The number of hydrogen-bond donors (Lipinski definition) is 0. The van der Waals surface area contributed by atoms with Gasteiger partial charge in [0.2, 0.25) is 0 Å². The van der Waals surface area contributed by atoms with E-state index < -0.39 is 5.97 Å². The molecule has 0 saturated heterocycles. The Hall–Kier alpha value is -2.15. The molecule has 0 bridgehead atoms. The van der Waals surface area contributed by atoms with Crippen molar-refractivity contribution in [1.82, 2.24) is 0 Å². The van der Waals surface area contributed by atoms with Crippen LogP contribution in [0.4, 0.5) is 0 Å². The molecule has 88 valence electrons. The predicted octanol–water partition coefficient (Wildman–Crippen LogP) is 2.11. The number of nitriles is 1. The van der Waals surface area contributed by atoms with Gasteiger partial charge in [-0.1, -0.05) is 6.92 Å². The Morgan fingerprint density at radius 3 is 2.65 bits per heavy atom. The summed E-state index contributed by atoms with van der Waals surface area (Å²) in [6.07, 6.45) is 1.22. The average Bonchev–Trinajstić information content (AvgIpc) is 2.37. The van der Waals surface area contributed by atoms with E-state index in [4.69, 9.17) is 10.00 Å². The lowest BCUT2D eigenvalue weighted by atomic mass is 9.97. The second-order valence-electron chi connectivity index (χ2n) is 3.41. The molecule has 1 aromatic carbocycles. The van der Waals surface area contributed by atoms with Crippen LogP contribution in [0.1, 0.15) is 45.7 Å². The summed E-state index contributed by atoms with van der Waals surface area (Å²) in [5, 5.41) is 9.00. The molecule has 0 radical (unpaired) electrons. The van der Waals surface area contributed by atoms with Crippen LogP contribution >= 0.6 is 0 Å². The SMILES string of the molecule is CCOC(=O)c1c(C#N)cc(C=O)cc1CC. The van der Waals surface area contributed by atoms with Crippen molar-refractivity contribution >= 4 is 12.3 Å². The summed E-state index contributed by atoms with van der Waals surface area (Å²) in [4.78, 5) is 22.5. The third-order valence-electron chi connectivity index (χ3n) is 2.36. The van der Waals surface area contributed by atoms with Crippen molar-refractivity contribution in [2.75, 3.05) is 6.61 Å². The quantitative estimate of drug-likeness (QED) is 0.588. The van der Waals surface area contributed by atoms with Crippen molar-refractivity contribution in [3.05, 3.63) is 34.4 Å². The molecule has 0 aromatic heterocycles. The van der Waals surface area contributed by atoms with Crippen LogP contribution < -0.4 is 0 Å². The number of aryl methyl sites for hydroxylation is 1. The Morgan fingerprint density at radius 1 is 1.47 bits per heavy atom. The normalized spacial score (nSPS) is 9.47. The smallest absolute Gasteiger partial charge is 0.339 e. The van der Waals surface area contributed by atoms with Crippen LogP contribution in [0.3, 0.4) is 0 Å².